The van der Waals surface area contributed by atoms with E-state index < -0.39 is 0 Å². The molecule has 3 rings (SSSR count). The van der Waals surface area contributed by atoms with Gasteiger partial charge in [-0.25, -0.2) is 4.98 Å². The minimum atomic E-state index is -0.0376. The largest absolute Gasteiger partial charge is 0.443 e. The number of hydrogen-bond acceptors (Lipinski definition) is 4. The number of nitrogens with zero attached hydrogens (tertiary/aromatic N) is 4. The van der Waals surface area contributed by atoms with Crippen molar-refractivity contribution in [3.8, 4) is 0 Å². The molecule has 1 aliphatic heterocycles. The monoisotopic (exact) mass is 397 g/mol. The number of benzene rings is 1. The van der Waals surface area contributed by atoms with Crippen LogP contribution in [0.15, 0.2) is 39.9 Å². The van der Waals surface area contributed by atoms with Gasteiger partial charge in [0.05, 0.1) is 12.7 Å². The molecule has 2 heterocycles. The van der Waals surface area contributed by atoms with E-state index in [0.29, 0.717) is 12.4 Å². The van der Waals surface area contributed by atoms with Crippen LogP contribution in [0.5, 0.6) is 0 Å². The van der Waals surface area contributed by atoms with Crippen molar-refractivity contribution in [1.29, 1.82) is 0 Å². The lowest BCUT2D eigenvalue weighted by molar-refractivity contribution is 0.376. The molecule has 0 unspecified atom stereocenters. The number of nitrogens with one attached hydrogen (secondary N) is 1. The highest BCUT2D eigenvalue weighted by Crippen LogP contribution is 2.23. The van der Waals surface area contributed by atoms with E-state index in [-0.39, 0.29) is 5.41 Å². The summed E-state index contributed by atoms with van der Waals surface area (Å²) in [5, 5.41) is 3.35. The van der Waals surface area contributed by atoms with Gasteiger partial charge in [0.15, 0.2) is 5.96 Å². The third kappa shape index (κ3) is 5.75. The Kier molecular flexibility index (Phi) is 6.83. The average molecular weight is 398 g/mol. The van der Waals surface area contributed by atoms with E-state index in [2.05, 4.69) is 70.1 Å². The highest BCUT2D eigenvalue weighted by molar-refractivity contribution is 5.79. The molecule has 0 atom stereocenters. The molecule has 0 bridgehead atoms. The molecule has 1 aromatic carbocycles. The van der Waals surface area contributed by atoms with Gasteiger partial charge >= 0.3 is 0 Å². The lowest BCUT2D eigenvalue weighted by Gasteiger charge is -2.29. The van der Waals surface area contributed by atoms with Crippen LogP contribution >= 0.6 is 0 Å². The highest BCUT2D eigenvalue weighted by atomic mass is 16.4. The van der Waals surface area contributed by atoms with Crippen molar-refractivity contribution in [1.82, 2.24) is 15.2 Å². The van der Waals surface area contributed by atoms with Gasteiger partial charge in [0.25, 0.3) is 0 Å². The fourth-order valence-corrected chi connectivity index (χ4v) is 3.59. The summed E-state index contributed by atoms with van der Waals surface area (Å²) in [7, 11) is 3.85. The molecule has 0 saturated carbocycles. The van der Waals surface area contributed by atoms with E-state index in [1.54, 1.807) is 7.05 Å². The highest BCUT2D eigenvalue weighted by Gasteiger charge is 2.19. The zero-order valence-corrected chi connectivity index (χ0v) is 18.5. The number of guanidine groups is 1. The Labute approximate surface area is 175 Å². The van der Waals surface area contributed by atoms with Gasteiger partial charge in [0, 0.05) is 44.8 Å². The molecule has 1 saturated heterocycles. The molecule has 6 nitrogen and oxygen atoms in total. The summed E-state index contributed by atoms with van der Waals surface area (Å²) >= 11 is 0. The number of oxazole rings is 1. The first-order chi connectivity index (χ1) is 13.9. The van der Waals surface area contributed by atoms with Crippen LogP contribution in [0.3, 0.4) is 0 Å². The topological polar surface area (TPSA) is 56.9 Å². The van der Waals surface area contributed by atoms with Crippen LogP contribution in [-0.4, -0.2) is 43.0 Å². The number of piperidine rings is 1. The predicted molar refractivity (Wildman–Crippen MR) is 119 cm³/mol. The first kappa shape index (κ1) is 21.2. The summed E-state index contributed by atoms with van der Waals surface area (Å²) < 4.78 is 5.86. The fraction of sp³-hybridized carbons (Fsp3) is 0.565. The first-order valence-corrected chi connectivity index (χ1v) is 10.6. The normalized spacial score (nSPS) is 15.5. The Morgan fingerprint density at radius 2 is 1.86 bits per heavy atom. The summed E-state index contributed by atoms with van der Waals surface area (Å²) in [6, 6.07) is 8.92. The van der Waals surface area contributed by atoms with Gasteiger partial charge in [-0.2, -0.15) is 0 Å². The molecule has 1 fully saturated rings. The van der Waals surface area contributed by atoms with Crippen molar-refractivity contribution in [2.75, 3.05) is 32.1 Å². The minimum Gasteiger partial charge on any atom is -0.443 e. The van der Waals surface area contributed by atoms with Crippen LogP contribution in [-0.2, 0) is 18.5 Å². The van der Waals surface area contributed by atoms with Gasteiger partial charge < -0.3 is 19.5 Å². The SMILES string of the molecule is CN=C(NCc1ncc(C(C)(C)C)o1)N(C)Cc1ccc(N2CCCCC2)cc1. The van der Waals surface area contributed by atoms with Crippen LogP contribution in [0.2, 0.25) is 0 Å². The summed E-state index contributed by atoms with van der Waals surface area (Å²) in [5.41, 5.74) is 2.56. The maximum Gasteiger partial charge on any atom is 0.213 e. The third-order valence-corrected chi connectivity index (χ3v) is 5.34. The molecule has 0 spiro atoms. The van der Waals surface area contributed by atoms with Gasteiger partial charge in [0.1, 0.15) is 5.76 Å². The van der Waals surface area contributed by atoms with E-state index in [9.17, 15) is 0 Å². The predicted octanol–water partition coefficient (Wildman–Crippen LogP) is 4.17. The van der Waals surface area contributed by atoms with Gasteiger partial charge in [-0.3, -0.25) is 4.99 Å². The third-order valence-electron chi connectivity index (χ3n) is 5.34. The fourth-order valence-electron chi connectivity index (χ4n) is 3.59. The molecular weight excluding hydrogens is 362 g/mol. The van der Waals surface area contributed by atoms with Crippen molar-refractivity contribution in [3.63, 3.8) is 0 Å². The Morgan fingerprint density at radius 1 is 1.17 bits per heavy atom. The van der Waals surface area contributed by atoms with E-state index in [4.69, 9.17) is 4.42 Å². The molecule has 1 N–H and O–H groups in total. The van der Waals surface area contributed by atoms with E-state index >= 15 is 0 Å². The Balaban J connectivity index is 1.54. The van der Waals surface area contributed by atoms with Crippen LogP contribution in [0, 0.1) is 0 Å². The number of aliphatic imine (C=N–C) groups is 1. The molecule has 29 heavy (non-hydrogen) atoms. The quantitative estimate of drug-likeness (QED) is 0.606. The molecule has 1 aliphatic rings. The van der Waals surface area contributed by atoms with Crippen molar-refractivity contribution in [2.45, 2.75) is 58.5 Å². The summed E-state index contributed by atoms with van der Waals surface area (Å²) in [6.07, 6.45) is 5.77. The molecule has 158 valence electrons. The summed E-state index contributed by atoms with van der Waals surface area (Å²) in [4.78, 5) is 13.4. The van der Waals surface area contributed by atoms with Crippen LogP contribution in [0.4, 0.5) is 5.69 Å². The molecule has 0 aliphatic carbocycles. The molecule has 0 radical (unpaired) electrons. The zero-order chi connectivity index (χ0) is 20.9. The van der Waals surface area contributed by atoms with Gasteiger partial charge in [-0.05, 0) is 37.0 Å². The van der Waals surface area contributed by atoms with E-state index in [1.165, 1.54) is 43.6 Å². The molecule has 2 aromatic rings. The van der Waals surface area contributed by atoms with Gasteiger partial charge in [-0.15, -0.1) is 0 Å². The molecule has 6 heteroatoms. The zero-order valence-electron chi connectivity index (χ0n) is 18.5. The average Bonchev–Trinajstić information content (AvgIpc) is 3.19. The van der Waals surface area contributed by atoms with Gasteiger partial charge in [0.2, 0.25) is 5.89 Å². The van der Waals surface area contributed by atoms with Gasteiger partial charge in [-0.1, -0.05) is 32.9 Å². The first-order valence-electron chi connectivity index (χ1n) is 10.6. The Morgan fingerprint density at radius 3 is 2.45 bits per heavy atom. The van der Waals surface area contributed by atoms with Crippen molar-refractivity contribution in [2.24, 2.45) is 4.99 Å². The van der Waals surface area contributed by atoms with Crippen molar-refractivity contribution in [3.05, 3.63) is 47.7 Å². The van der Waals surface area contributed by atoms with Crippen LogP contribution in [0.25, 0.3) is 0 Å². The number of aromatic nitrogens is 1. The summed E-state index contributed by atoms with van der Waals surface area (Å²) in [6.45, 7) is 10.0. The van der Waals surface area contributed by atoms with Crippen molar-refractivity contribution < 1.29 is 4.42 Å². The second kappa shape index (κ2) is 9.33. The maximum absolute atomic E-state index is 5.86. The Bertz CT molecular complexity index is 797. The Hall–Kier alpha value is -2.50. The van der Waals surface area contributed by atoms with E-state index in [0.717, 1.165) is 18.3 Å². The number of rotatable bonds is 5. The van der Waals surface area contributed by atoms with Crippen LogP contribution < -0.4 is 10.2 Å². The molecule has 0 amide bonds. The lowest BCUT2D eigenvalue weighted by Crippen LogP contribution is -2.38. The van der Waals surface area contributed by atoms with E-state index in [1.807, 2.05) is 13.2 Å². The minimum absolute atomic E-state index is 0.0376. The van der Waals surface area contributed by atoms with Crippen molar-refractivity contribution >= 4 is 11.6 Å². The molecular formula is C23H35N5O. The standard InChI is InChI=1S/C23H35N5O/c1-23(2,3)20-15-25-21(29-20)16-26-22(24-4)27(5)17-18-9-11-19(12-10-18)28-13-7-6-8-14-28/h9-12,15H,6-8,13-14,16-17H2,1-5H3,(H,24,26). The number of anilines is 1. The smallest absolute Gasteiger partial charge is 0.213 e. The lowest BCUT2D eigenvalue weighted by atomic mass is 9.94. The molecule has 1 aromatic heterocycles. The second-order valence-electron chi connectivity index (χ2n) is 8.84. The summed E-state index contributed by atoms with van der Waals surface area (Å²) in [5.74, 6) is 2.39. The maximum atomic E-state index is 5.86. The van der Waals surface area contributed by atoms with Crippen LogP contribution in [0.1, 0.15) is 57.2 Å². The second-order valence-corrected chi connectivity index (χ2v) is 8.84. The number of hydrogen-bond donors (Lipinski definition) is 1.